The lowest BCUT2D eigenvalue weighted by Crippen LogP contribution is -2.32. The molecule has 0 aliphatic carbocycles. The van der Waals surface area contributed by atoms with Crippen LogP contribution in [0.4, 0.5) is 18.9 Å². The number of quaternary nitrogens is 1. The summed E-state index contributed by atoms with van der Waals surface area (Å²) in [6.07, 6.45) is 1.69. The Kier molecular flexibility index (Phi) is 4.32. The summed E-state index contributed by atoms with van der Waals surface area (Å²) in [4.78, 5) is 0. The molecular weight excluding hydrogens is 405 g/mol. The number of hydrogen-bond acceptors (Lipinski definition) is 1. The van der Waals surface area contributed by atoms with Crippen LogP contribution in [0.2, 0.25) is 5.02 Å². The van der Waals surface area contributed by atoms with Crippen LogP contribution in [0.15, 0.2) is 46.1 Å². The van der Waals surface area contributed by atoms with Crippen LogP contribution in [0.1, 0.15) is 12.5 Å². The van der Waals surface area contributed by atoms with E-state index < -0.39 is 17.5 Å². The molecule has 0 saturated carbocycles. The van der Waals surface area contributed by atoms with Crippen molar-refractivity contribution in [1.82, 2.24) is 4.59 Å². The van der Waals surface area contributed by atoms with Crippen molar-refractivity contribution in [3.63, 3.8) is 0 Å². The lowest BCUT2D eigenvalue weighted by molar-refractivity contribution is 0.450. The third-order valence-corrected chi connectivity index (χ3v) is 4.70. The molecule has 124 valence electrons. The molecule has 7 heteroatoms. The van der Waals surface area contributed by atoms with Crippen LogP contribution in [-0.2, 0) is 0 Å². The van der Waals surface area contributed by atoms with Crippen molar-refractivity contribution in [2.24, 2.45) is 5.10 Å². The second-order valence-corrected chi connectivity index (χ2v) is 6.86. The van der Waals surface area contributed by atoms with Gasteiger partial charge in [-0.25, -0.2) is 13.2 Å². The number of halogens is 5. The molecule has 2 aromatic carbocycles. The average Bonchev–Trinajstić information content (AvgIpc) is 2.73. The van der Waals surface area contributed by atoms with Crippen LogP contribution in [0, 0.1) is 17.5 Å². The van der Waals surface area contributed by atoms with E-state index in [4.69, 9.17) is 11.6 Å². The Balaban J connectivity index is 2.16. The van der Waals surface area contributed by atoms with Gasteiger partial charge < -0.3 is 0 Å². The van der Waals surface area contributed by atoms with Gasteiger partial charge in [0.25, 0.3) is 0 Å². The molecule has 1 heterocycles. The molecule has 2 aromatic rings. The van der Waals surface area contributed by atoms with Crippen molar-refractivity contribution >= 4 is 44.5 Å². The van der Waals surface area contributed by atoms with Gasteiger partial charge in [0, 0.05) is 11.6 Å². The zero-order valence-electron chi connectivity index (χ0n) is 12.7. The Morgan fingerprint density at radius 3 is 2.42 bits per heavy atom. The molecule has 1 aliphatic rings. The van der Waals surface area contributed by atoms with Gasteiger partial charge in [-0.1, -0.05) is 16.7 Å². The lowest BCUT2D eigenvalue weighted by atomic mass is 10.0. The number of rotatable bonds is 2. The molecule has 1 atom stereocenters. The van der Waals surface area contributed by atoms with Gasteiger partial charge in [-0.15, -0.1) is 4.59 Å². The molecule has 2 nitrogen and oxygen atoms in total. The molecular formula is C17H12BrClF3N2+. The summed E-state index contributed by atoms with van der Waals surface area (Å²) in [6, 6.07) is 6.05. The normalized spacial score (nSPS) is 20.1. The van der Waals surface area contributed by atoms with E-state index in [1.807, 2.05) is 0 Å². The van der Waals surface area contributed by atoms with Gasteiger partial charge in [0.15, 0.2) is 5.82 Å². The van der Waals surface area contributed by atoms with Gasteiger partial charge in [-0.3, -0.25) is 0 Å². The summed E-state index contributed by atoms with van der Waals surface area (Å²) in [7, 11) is 1.66. The second-order valence-electron chi connectivity index (χ2n) is 5.60. The van der Waals surface area contributed by atoms with E-state index in [-0.39, 0.29) is 19.8 Å². The Hall–Kier alpha value is -1.63. The van der Waals surface area contributed by atoms with Crippen molar-refractivity contribution in [3.8, 4) is 0 Å². The smallest absolute Gasteiger partial charge is 0.207 e. The molecule has 3 rings (SSSR count). The number of hydrogen-bond donors (Lipinski definition) is 0. The summed E-state index contributed by atoms with van der Waals surface area (Å²) in [5.74, 6) is -1.84. The van der Waals surface area contributed by atoms with Crippen LogP contribution >= 0.6 is 27.5 Å². The highest BCUT2D eigenvalue weighted by molar-refractivity contribution is 9.10. The van der Waals surface area contributed by atoms with E-state index in [1.165, 1.54) is 18.2 Å². The molecule has 1 aliphatic heterocycles. The van der Waals surface area contributed by atoms with Crippen molar-refractivity contribution in [2.75, 3.05) is 7.05 Å². The van der Waals surface area contributed by atoms with Crippen LogP contribution in [0.25, 0.3) is 5.57 Å². The van der Waals surface area contributed by atoms with Gasteiger partial charge in [0.05, 0.1) is 15.1 Å². The Morgan fingerprint density at radius 1 is 1.08 bits per heavy atom. The standard InChI is InChI=1S/C17H12BrClF3N2/c1-9-13(12-4-3-10(20)6-15(12)19)8-24(2,23-9)17-14(18)5-11(21)7-16(17)22/h3-8H,1-2H3/q+1. The van der Waals surface area contributed by atoms with Gasteiger partial charge in [0.1, 0.15) is 30.6 Å². The van der Waals surface area contributed by atoms with E-state index in [1.54, 1.807) is 26.2 Å². The minimum absolute atomic E-state index is 0.170. The van der Waals surface area contributed by atoms with Crippen molar-refractivity contribution in [2.45, 2.75) is 6.92 Å². The highest BCUT2D eigenvalue weighted by atomic mass is 79.9. The Bertz CT molecular complexity index is 888. The van der Waals surface area contributed by atoms with Gasteiger partial charge >= 0.3 is 0 Å². The number of nitrogens with zero attached hydrogens (tertiary/aromatic N) is 2. The molecule has 0 aromatic heterocycles. The predicted molar refractivity (Wildman–Crippen MR) is 94.3 cm³/mol. The fourth-order valence-corrected chi connectivity index (χ4v) is 3.83. The quantitative estimate of drug-likeness (QED) is 0.542. The second kappa shape index (κ2) is 6.02. The summed E-state index contributed by atoms with van der Waals surface area (Å²) in [5.41, 5.74) is 2.04. The maximum Gasteiger partial charge on any atom is 0.214 e. The van der Waals surface area contributed by atoms with Crippen LogP contribution in [0.5, 0.6) is 0 Å². The summed E-state index contributed by atoms with van der Waals surface area (Å²) < 4.78 is 41.0. The average molecular weight is 417 g/mol. The molecule has 0 spiro atoms. The minimum Gasteiger partial charge on any atom is -0.207 e. The van der Waals surface area contributed by atoms with Crippen LogP contribution in [0.3, 0.4) is 0 Å². The molecule has 1 unspecified atom stereocenters. The van der Waals surface area contributed by atoms with Crippen LogP contribution in [-0.4, -0.2) is 12.8 Å². The van der Waals surface area contributed by atoms with Crippen molar-refractivity contribution in [3.05, 3.63) is 69.0 Å². The highest BCUT2D eigenvalue weighted by Gasteiger charge is 2.37. The summed E-state index contributed by atoms with van der Waals surface area (Å²) in [5, 5.41) is 4.72. The monoisotopic (exact) mass is 415 g/mol. The van der Waals surface area contributed by atoms with E-state index in [2.05, 4.69) is 21.0 Å². The van der Waals surface area contributed by atoms with Gasteiger partial charge in [0.2, 0.25) is 5.69 Å². The largest absolute Gasteiger partial charge is 0.214 e. The SMILES string of the molecule is CC1=N[N+](C)(c2c(F)cc(F)cc2Br)C=C1c1ccc(F)cc1Cl. The van der Waals surface area contributed by atoms with E-state index in [0.717, 1.165) is 6.07 Å². The van der Waals surface area contributed by atoms with E-state index >= 15 is 0 Å². The fraction of sp³-hybridized carbons (Fsp3) is 0.118. The molecule has 24 heavy (non-hydrogen) atoms. The molecule has 0 amide bonds. The van der Waals surface area contributed by atoms with Crippen LogP contribution < -0.4 is 4.59 Å². The molecule has 0 radical (unpaired) electrons. The van der Waals surface area contributed by atoms with Crippen molar-refractivity contribution < 1.29 is 13.2 Å². The topological polar surface area (TPSA) is 12.4 Å². The first kappa shape index (κ1) is 17.2. The molecule has 0 saturated heterocycles. The summed E-state index contributed by atoms with van der Waals surface area (Å²) in [6.45, 7) is 1.75. The van der Waals surface area contributed by atoms with Crippen molar-refractivity contribution in [1.29, 1.82) is 0 Å². The van der Waals surface area contributed by atoms with E-state index in [0.29, 0.717) is 16.8 Å². The first-order valence-electron chi connectivity index (χ1n) is 6.98. The van der Waals surface area contributed by atoms with Gasteiger partial charge in [-0.2, -0.15) is 0 Å². The Labute approximate surface area is 150 Å². The maximum absolute atomic E-state index is 14.3. The zero-order valence-corrected chi connectivity index (χ0v) is 15.1. The molecule has 0 N–H and O–H groups in total. The zero-order chi connectivity index (χ0) is 17.6. The number of benzene rings is 2. The highest BCUT2D eigenvalue weighted by Crippen LogP contribution is 2.40. The first-order chi connectivity index (χ1) is 11.2. The third-order valence-electron chi connectivity index (χ3n) is 3.78. The third kappa shape index (κ3) is 2.90. The Morgan fingerprint density at radius 2 is 1.79 bits per heavy atom. The number of allylic oxidation sites excluding steroid dienone is 1. The minimum atomic E-state index is -0.719. The van der Waals surface area contributed by atoms with Gasteiger partial charge in [-0.05, 0) is 47.1 Å². The lowest BCUT2D eigenvalue weighted by Gasteiger charge is -2.21. The fourth-order valence-electron chi connectivity index (χ4n) is 2.79. The first-order valence-corrected chi connectivity index (χ1v) is 8.15. The summed E-state index contributed by atoms with van der Waals surface area (Å²) >= 11 is 9.32. The molecule has 0 bridgehead atoms. The molecule has 0 fully saturated rings. The maximum atomic E-state index is 14.3. The van der Waals surface area contributed by atoms with E-state index in [9.17, 15) is 13.2 Å². The predicted octanol–water partition coefficient (Wildman–Crippen LogP) is 5.89.